The highest BCUT2D eigenvalue weighted by molar-refractivity contribution is 5.75. The molecule has 0 N–H and O–H groups in total. The zero-order chi connectivity index (χ0) is 17.8. The molecule has 2 heterocycles. The molecule has 1 aliphatic heterocycles. The highest BCUT2D eigenvalue weighted by Gasteiger charge is 2.31. The molecule has 1 aromatic carbocycles. The van der Waals surface area contributed by atoms with Crippen molar-refractivity contribution >= 4 is 5.91 Å². The zero-order valence-electron chi connectivity index (χ0n) is 14.9. The van der Waals surface area contributed by atoms with Crippen molar-refractivity contribution in [2.45, 2.75) is 25.1 Å². The van der Waals surface area contributed by atoms with Crippen molar-refractivity contribution in [1.82, 2.24) is 30.0 Å². The maximum Gasteiger partial charge on any atom is 0.246 e. The zero-order valence-corrected chi connectivity index (χ0v) is 14.9. The van der Waals surface area contributed by atoms with Gasteiger partial charge in [0, 0.05) is 38.9 Å². The summed E-state index contributed by atoms with van der Waals surface area (Å²) in [6.07, 6.45) is 1.17. The van der Waals surface area contributed by atoms with Gasteiger partial charge in [0.1, 0.15) is 6.54 Å². The third-order valence-electron chi connectivity index (χ3n) is 4.66. The van der Waals surface area contributed by atoms with Crippen LogP contribution in [-0.2, 0) is 16.1 Å². The van der Waals surface area contributed by atoms with Gasteiger partial charge >= 0.3 is 0 Å². The SMILES string of the molecule is CO[C@H]1C[C@@H](CN(C)C(=O)Cn2nnc(-c3ccccc3)n2)N(C)C1. The molecule has 0 aliphatic carbocycles. The maximum atomic E-state index is 12.5. The van der Waals surface area contributed by atoms with Crippen LogP contribution >= 0.6 is 0 Å². The van der Waals surface area contributed by atoms with E-state index in [2.05, 4.69) is 27.4 Å². The van der Waals surface area contributed by atoms with Gasteiger partial charge in [0.25, 0.3) is 0 Å². The second-order valence-corrected chi connectivity index (χ2v) is 6.47. The topological polar surface area (TPSA) is 76.4 Å². The monoisotopic (exact) mass is 344 g/mol. The number of carbonyl (C=O) groups excluding carboxylic acids is 1. The van der Waals surface area contributed by atoms with Gasteiger partial charge in [0.2, 0.25) is 11.7 Å². The number of likely N-dealkylation sites (tertiary alicyclic amines) is 1. The van der Waals surface area contributed by atoms with Gasteiger partial charge in [0.05, 0.1) is 6.10 Å². The largest absolute Gasteiger partial charge is 0.380 e. The second-order valence-electron chi connectivity index (χ2n) is 6.47. The van der Waals surface area contributed by atoms with Gasteiger partial charge in [0.15, 0.2) is 0 Å². The van der Waals surface area contributed by atoms with E-state index in [0.717, 1.165) is 18.5 Å². The summed E-state index contributed by atoms with van der Waals surface area (Å²) in [5, 5.41) is 12.3. The fourth-order valence-electron chi connectivity index (χ4n) is 3.09. The molecule has 1 aliphatic rings. The predicted molar refractivity (Wildman–Crippen MR) is 92.7 cm³/mol. The number of nitrogens with zero attached hydrogens (tertiary/aromatic N) is 6. The van der Waals surface area contributed by atoms with Crippen LogP contribution in [0.3, 0.4) is 0 Å². The minimum absolute atomic E-state index is 0.0359. The third kappa shape index (κ3) is 4.21. The number of carbonyl (C=O) groups is 1. The minimum Gasteiger partial charge on any atom is -0.380 e. The molecule has 8 heteroatoms. The summed E-state index contributed by atoms with van der Waals surface area (Å²) in [4.78, 5) is 17.8. The molecule has 2 aromatic rings. The second kappa shape index (κ2) is 7.71. The van der Waals surface area contributed by atoms with Crippen molar-refractivity contribution in [3.05, 3.63) is 30.3 Å². The summed E-state index contributed by atoms with van der Waals surface area (Å²) < 4.78 is 5.42. The van der Waals surface area contributed by atoms with Crippen LogP contribution in [0.2, 0.25) is 0 Å². The molecule has 1 amide bonds. The van der Waals surface area contributed by atoms with Crippen molar-refractivity contribution in [2.24, 2.45) is 0 Å². The lowest BCUT2D eigenvalue weighted by Gasteiger charge is -2.25. The first-order valence-electron chi connectivity index (χ1n) is 8.37. The molecule has 0 radical (unpaired) electrons. The Hall–Kier alpha value is -2.32. The first kappa shape index (κ1) is 17.5. The van der Waals surface area contributed by atoms with Crippen molar-refractivity contribution in [1.29, 1.82) is 0 Å². The standard InChI is InChI=1S/C17H24N6O2/c1-21-11-15(25-3)9-14(21)10-22(2)16(24)12-23-19-17(18-20-23)13-7-5-4-6-8-13/h4-8,14-15H,9-12H2,1-3H3/t14-,15-/m0/s1. The van der Waals surface area contributed by atoms with Gasteiger partial charge in [-0.1, -0.05) is 30.3 Å². The predicted octanol–water partition coefficient (Wildman–Crippen LogP) is 0.518. The molecule has 8 nitrogen and oxygen atoms in total. The van der Waals surface area contributed by atoms with E-state index < -0.39 is 0 Å². The van der Waals surface area contributed by atoms with Gasteiger partial charge in [-0.25, -0.2) is 0 Å². The molecular weight excluding hydrogens is 320 g/mol. The molecule has 0 spiro atoms. The normalized spacial score (nSPS) is 20.8. The average molecular weight is 344 g/mol. The Balaban J connectivity index is 1.56. The molecule has 1 saturated heterocycles. The lowest BCUT2D eigenvalue weighted by molar-refractivity contribution is -0.131. The van der Waals surface area contributed by atoms with E-state index in [1.54, 1.807) is 12.0 Å². The van der Waals surface area contributed by atoms with Gasteiger partial charge in [-0.05, 0) is 18.7 Å². The third-order valence-corrected chi connectivity index (χ3v) is 4.66. The average Bonchev–Trinajstić information content (AvgIpc) is 3.22. The number of hydrogen-bond donors (Lipinski definition) is 0. The van der Waals surface area contributed by atoms with Gasteiger partial charge in [-0.3, -0.25) is 9.69 Å². The molecule has 2 atom stereocenters. The fourth-order valence-corrected chi connectivity index (χ4v) is 3.09. The number of hydrogen-bond acceptors (Lipinski definition) is 6. The number of tetrazole rings is 1. The summed E-state index contributed by atoms with van der Waals surface area (Å²) in [7, 11) is 5.61. The van der Waals surface area contributed by atoms with E-state index in [9.17, 15) is 4.79 Å². The summed E-state index contributed by atoms with van der Waals surface area (Å²) >= 11 is 0. The van der Waals surface area contributed by atoms with Crippen LogP contribution in [-0.4, -0.2) is 82.4 Å². The number of aromatic nitrogens is 4. The Kier molecular flexibility index (Phi) is 5.40. The summed E-state index contributed by atoms with van der Waals surface area (Å²) in [5.41, 5.74) is 0.882. The molecule has 134 valence electrons. The van der Waals surface area contributed by atoms with Gasteiger partial charge in [-0.15, -0.1) is 10.2 Å². The lowest BCUT2D eigenvalue weighted by Crippen LogP contribution is -2.41. The Morgan fingerprint density at radius 3 is 2.80 bits per heavy atom. The van der Waals surface area contributed by atoms with Crippen LogP contribution in [0.15, 0.2) is 30.3 Å². The number of rotatable bonds is 6. The molecular formula is C17H24N6O2. The quantitative estimate of drug-likeness (QED) is 0.760. The van der Waals surface area contributed by atoms with Crippen LogP contribution in [0.25, 0.3) is 11.4 Å². The van der Waals surface area contributed by atoms with E-state index in [1.165, 1.54) is 4.80 Å². The highest BCUT2D eigenvalue weighted by Crippen LogP contribution is 2.18. The molecule has 0 saturated carbocycles. The summed E-state index contributed by atoms with van der Waals surface area (Å²) in [6.45, 7) is 1.64. The van der Waals surface area contributed by atoms with E-state index in [0.29, 0.717) is 18.4 Å². The summed E-state index contributed by atoms with van der Waals surface area (Å²) in [5.74, 6) is 0.487. The lowest BCUT2D eigenvalue weighted by atomic mass is 10.2. The van der Waals surface area contributed by atoms with E-state index in [1.807, 2.05) is 37.4 Å². The number of ether oxygens (including phenoxy) is 1. The van der Waals surface area contributed by atoms with E-state index in [-0.39, 0.29) is 18.6 Å². The highest BCUT2D eigenvalue weighted by atomic mass is 16.5. The van der Waals surface area contributed by atoms with Crippen molar-refractivity contribution in [2.75, 3.05) is 34.3 Å². The molecule has 0 unspecified atom stereocenters. The Labute approximate surface area is 147 Å². The van der Waals surface area contributed by atoms with Crippen LogP contribution in [0.5, 0.6) is 0 Å². The van der Waals surface area contributed by atoms with Gasteiger partial charge < -0.3 is 9.64 Å². The number of likely N-dealkylation sites (N-methyl/N-ethyl adjacent to an activating group) is 2. The van der Waals surface area contributed by atoms with Crippen molar-refractivity contribution in [3.63, 3.8) is 0 Å². The van der Waals surface area contributed by atoms with Gasteiger partial charge in [-0.2, -0.15) is 4.80 Å². The molecule has 0 bridgehead atoms. The maximum absolute atomic E-state index is 12.5. The van der Waals surface area contributed by atoms with E-state index in [4.69, 9.17) is 4.74 Å². The van der Waals surface area contributed by atoms with Crippen LogP contribution in [0.4, 0.5) is 0 Å². The first-order chi connectivity index (χ1) is 12.1. The van der Waals surface area contributed by atoms with Crippen molar-refractivity contribution in [3.8, 4) is 11.4 Å². The van der Waals surface area contributed by atoms with Crippen LogP contribution < -0.4 is 0 Å². The van der Waals surface area contributed by atoms with Crippen molar-refractivity contribution < 1.29 is 9.53 Å². The fraction of sp³-hybridized carbons (Fsp3) is 0.529. The molecule has 1 aromatic heterocycles. The first-order valence-corrected chi connectivity index (χ1v) is 8.37. The number of benzene rings is 1. The Bertz CT molecular complexity index is 704. The van der Waals surface area contributed by atoms with Crippen LogP contribution in [0.1, 0.15) is 6.42 Å². The minimum atomic E-state index is -0.0359. The molecule has 25 heavy (non-hydrogen) atoms. The number of methoxy groups -OCH3 is 1. The summed E-state index contributed by atoms with van der Waals surface area (Å²) in [6, 6.07) is 9.90. The van der Waals surface area contributed by atoms with E-state index >= 15 is 0 Å². The van der Waals surface area contributed by atoms with Crippen LogP contribution in [0, 0.1) is 0 Å². The Morgan fingerprint density at radius 2 is 2.12 bits per heavy atom. The molecule has 3 rings (SSSR count). The molecule has 1 fully saturated rings. The smallest absolute Gasteiger partial charge is 0.246 e. The Morgan fingerprint density at radius 1 is 1.36 bits per heavy atom. The number of amides is 1.